The number of amides is 1. The number of nitrogens with zero attached hydrogens (tertiary/aromatic N) is 1. The second-order valence-electron chi connectivity index (χ2n) is 6.92. The van der Waals surface area contributed by atoms with Gasteiger partial charge in [0.1, 0.15) is 11.5 Å². The van der Waals surface area contributed by atoms with Crippen LogP contribution in [0.5, 0.6) is 11.5 Å². The highest BCUT2D eigenvalue weighted by molar-refractivity contribution is 7.92. The van der Waals surface area contributed by atoms with Crippen LogP contribution in [0.25, 0.3) is 0 Å². The van der Waals surface area contributed by atoms with Crippen molar-refractivity contribution in [1.29, 1.82) is 0 Å². The van der Waals surface area contributed by atoms with Crippen molar-refractivity contribution in [3.05, 3.63) is 48.5 Å². The number of anilines is 2. The second kappa shape index (κ2) is 9.65. The Morgan fingerprint density at radius 2 is 1.72 bits per heavy atom. The number of benzene rings is 2. The molecule has 2 rings (SSSR count). The normalized spacial score (nSPS) is 12.3. The zero-order chi connectivity index (χ0) is 21.6. The summed E-state index contributed by atoms with van der Waals surface area (Å²) in [5, 5.41) is 2.84. The van der Waals surface area contributed by atoms with E-state index in [4.69, 9.17) is 9.47 Å². The molecule has 8 heteroatoms. The average Bonchev–Trinajstić information content (AvgIpc) is 2.65. The van der Waals surface area contributed by atoms with Gasteiger partial charge >= 0.3 is 0 Å². The molecule has 1 amide bonds. The molecule has 1 atom stereocenters. The summed E-state index contributed by atoms with van der Waals surface area (Å²) in [6.45, 7) is 5.73. The van der Waals surface area contributed by atoms with Crippen LogP contribution in [0.2, 0.25) is 0 Å². The zero-order valence-corrected chi connectivity index (χ0v) is 18.2. The van der Waals surface area contributed by atoms with Crippen LogP contribution in [0.3, 0.4) is 0 Å². The number of nitrogens with one attached hydrogen (secondary N) is 1. The molecular weight excluding hydrogens is 392 g/mol. The molecule has 0 radical (unpaired) electrons. The predicted molar refractivity (Wildman–Crippen MR) is 115 cm³/mol. The highest BCUT2D eigenvalue weighted by atomic mass is 32.2. The number of ether oxygens (including phenoxy) is 2. The summed E-state index contributed by atoms with van der Waals surface area (Å²) < 4.78 is 35.9. The second-order valence-corrected chi connectivity index (χ2v) is 8.94. The van der Waals surface area contributed by atoms with Gasteiger partial charge in [0.05, 0.1) is 18.0 Å². The molecule has 1 N–H and O–H groups in total. The smallest absolute Gasteiger partial charge is 0.265 e. The van der Waals surface area contributed by atoms with E-state index in [0.29, 0.717) is 29.3 Å². The molecule has 2 aromatic rings. The molecular formula is C21H28N2O5S. The number of hydrogen-bond acceptors (Lipinski definition) is 5. The third kappa shape index (κ3) is 6.67. The molecule has 29 heavy (non-hydrogen) atoms. The highest BCUT2D eigenvalue weighted by Crippen LogP contribution is 2.23. The number of hydrogen-bond donors (Lipinski definition) is 1. The van der Waals surface area contributed by atoms with Crippen molar-refractivity contribution in [1.82, 2.24) is 0 Å². The van der Waals surface area contributed by atoms with Crippen LogP contribution in [-0.4, -0.2) is 39.8 Å². The topological polar surface area (TPSA) is 84.9 Å². The van der Waals surface area contributed by atoms with Crippen molar-refractivity contribution in [3.8, 4) is 11.5 Å². The highest BCUT2D eigenvalue weighted by Gasteiger charge is 2.19. The van der Waals surface area contributed by atoms with E-state index in [9.17, 15) is 13.2 Å². The van der Waals surface area contributed by atoms with E-state index in [2.05, 4.69) is 5.32 Å². The van der Waals surface area contributed by atoms with E-state index in [1.54, 1.807) is 36.4 Å². The third-order valence-electron chi connectivity index (χ3n) is 4.11. The molecule has 0 aliphatic carbocycles. The van der Waals surface area contributed by atoms with Crippen LogP contribution in [0.4, 0.5) is 11.4 Å². The van der Waals surface area contributed by atoms with E-state index < -0.39 is 16.1 Å². The molecule has 0 fully saturated rings. The molecule has 2 aromatic carbocycles. The molecule has 7 nitrogen and oxygen atoms in total. The molecule has 1 unspecified atom stereocenters. The summed E-state index contributed by atoms with van der Waals surface area (Å²) in [6.07, 6.45) is 0.954. The van der Waals surface area contributed by atoms with Gasteiger partial charge in [-0.25, -0.2) is 8.42 Å². The lowest BCUT2D eigenvalue weighted by Gasteiger charge is -2.19. The summed E-state index contributed by atoms with van der Waals surface area (Å²) in [5.74, 6) is 0.887. The minimum Gasteiger partial charge on any atom is -0.491 e. The van der Waals surface area contributed by atoms with Crippen LogP contribution in [0.15, 0.2) is 48.5 Å². The molecule has 0 saturated carbocycles. The third-order valence-corrected chi connectivity index (χ3v) is 5.32. The Labute approximate surface area is 172 Å². The maximum Gasteiger partial charge on any atom is 0.265 e. The van der Waals surface area contributed by atoms with Gasteiger partial charge in [0, 0.05) is 18.8 Å². The van der Waals surface area contributed by atoms with Gasteiger partial charge in [0.25, 0.3) is 5.91 Å². The lowest BCUT2D eigenvalue weighted by Crippen LogP contribution is -2.32. The first-order valence-electron chi connectivity index (χ1n) is 9.38. The SMILES string of the molecule is CCC(Oc1ccc(N(C)S(C)(=O)=O)cc1)C(=O)Nc1cccc(OC(C)C)c1. The Balaban J connectivity index is 2.05. The van der Waals surface area contributed by atoms with Crippen LogP contribution in [-0.2, 0) is 14.8 Å². The van der Waals surface area contributed by atoms with Crippen LogP contribution in [0, 0.1) is 0 Å². The van der Waals surface area contributed by atoms with E-state index in [0.717, 1.165) is 6.26 Å². The van der Waals surface area contributed by atoms with Crippen LogP contribution >= 0.6 is 0 Å². The van der Waals surface area contributed by atoms with Gasteiger partial charge in [-0.15, -0.1) is 0 Å². The van der Waals surface area contributed by atoms with Gasteiger partial charge in [0.15, 0.2) is 6.10 Å². The van der Waals surface area contributed by atoms with E-state index >= 15 is 0 Å². The maximum atomic E-state index is 12.6. The van der Waals surface area contributed by atoms with Gasteiger partial charge in [-0.1, -0.05) is 13.0 Å². The monoisotopic (exact) mass is 420 g/mol. The first-order valence-corrected chi connectivity index (χ1v) is 11.2. The first-order chi connectivity index (χ1) is 13.6. The molecule has 0 aromatic heterocycles. The van der Waals surface area contributed by atoms with Gasteiger partial charge in [-0.05, 0) is 56.7 Å². The molecule has 0 bridgehead atoms. The Morgan fingerprint density at radius 3 is 2.28 bits per heavy atom. The quantitative estimate of drug-likeness (QED) is 0.669. The van der Waals surface area contributed by atoms with E-state index in [-0.39, 0.29) is 12.0 Å². The van der Waals surface area contributed by atoms with Crippen LogP contribution < -0.4 is 19.1 Å². The first kappa shape index (κ1) is 22.5. The lowest BCUT2D eigenvalue weighted by molar-refractivity contribution is -0.122. The molecule has 0 saturated heterocycles. The van der Waals surface area contributed by atoms with Crippen molar-refractivity contribution >= 4 is 27.3 Å². The summed E-state index contributed by atoms with van der Waals surface area (Å²) in [6, 6.07) is 13.7. The summed E-state index contributed by atoms with van der Waals surface area (Å²) >= 11 is 0. The van der Waals surface area contributed by atoms with Crippen LogP contribution in [0.1, 0.15) is 27.2 Å². The van der Waals surface area contributed by atoms with Crippen molar-refractivity contribution in [3.63, 3.8) is 0 Å². The lowest BCUT2D eigenvalue weighted by atomic mass is 10.2. The van der Waals surface area contributed by atoms with E-state index in [1.165, 1.54) is 11.4 Å². The summed E-state index contributed by atoms with van der Waals surface area (Å²) in [5.41, 5.74) is 1.14. The Hall–Kier alpha value is -2.74. The Bertz CT molecular complexity index is 926. The van der Waals surface area contributed by atoms with Crippen molar-refractivity contribution in [2.24, 2.45) is 0 Å². The van der Waals surface area contributed by atoms with E-state index in [1.807, 2.05) is 32.9 Å². The Morgan fingerprint density at radius 1 is 1.07 bits per heavy atom. The molecule has 158 valence electrons. The molecule has 0 heterocycles. The zero-order valence-electron chi connectivity index (χ0n) is 17.4. The number of carbonyl (C=O) groups excluding carboxylic acids is 1. The largest absolute Gasteiger partial charge is 0.491 e. The summed E-state index contributed by atoms with van der Waals surface area (Å²) in [7, 11) is -1.86. The molecule has 0 spiro atoms. The average molecular weight is 421 g/mol. The van der Waals surface area contributed by atoms with Gasteiger partial charge in [0.2, 0.25) is 10.0 Å². The maximum absolute atomic E-state index is 12.6. The minimum absolute atomic E-state index is 0.0392. The van der Waals surface area contributed by atoms with Crippen molar-refractivity contribution < 1.29 is 22.7 Å². The standard InChI is InChI=1S/C21H28N2O5S/c1-6-20(21(24)22-16-8-7-9-19(14-16)27-15(2)3)28-18-12-10-17(11-13-18)23(4)29(5,25)26/h7-15,20H,6H2,1-5H3,(H,22,24). The number of rotatable bonds is 9. The predicted octanol–water partition coefficient (Wildman–Crippen LogP) is 3.67. The van der Waals surface area contributed by atoms with Crippen molar-refractivity contribution in [2.75, 3.05) is 22.9 Å². The Kier molecular flexibility index (Phi) is 7.50. The fourth-order valence-corrected chi connectivity index (χ4v) is 3.06. The van der Waals surface area contributed by atoms with Gasteiger partial charge in [-0.2, -0.15) is 0 Å². The summed E-state index contributed by atoms with van der Waals surface area (Å²) in [4.78, 5) is 12.6. The number of carbonyl (C=O) groups is 1. The van der Waals surface area contributed by atoms with Gasteiger partial charge < -0.3 is 14.8 Å². The fraction of sp³-hybridized carbons (Fsp3) is 0.381. The van der Waals surface area contributed by atoms with Crippen molar-refractivity contribution in [2.45, 2.75) is 39.4 Å². The van der Waals surface area contributed by atoms with Gasteiger partial charge in [-0.3, -0.25) is 9.10 Å². The fourth-order valence-electron chi connectivity index (χ4n) is 2.55. The minimum atomic E-state index is -3.34. The molecule has 0 aliphatic rings. The molecule has 0 aliphatic heterocycles. The number of sulfonamides is 1.